The van der Waals surface area contributed by atoms with Crippen molar-refractivity contribution in [3.05, 3.63) is 228 Å². The Kier molecular flexibility index (Phi) is 6.67. The molecule has 1 nitrogen and oxygen atoms in total. The number of nitrogens with zero attached hydrogens (tertiary/aromatic N) is 1. The minimum atomic E-state index is 0.102. The van der Waals surface area contributed by atoms with Crippen LogP contribution >= 0.6 is 0 Å². The Balaban J connectivity index is 1.27. The van der Waals surface area contributed by atoms with E-state index in [1.807, 2.05) is 0 Å². The van der Waals surface area contributed by atoms with Crippen molar-refractivity contribution in [2.24, 2.45) is 0 Å². The van der Waals surface area contributed by atoms with Crippen LogP contribution in [0.3, 0.4) is 0 Å². The lowest BCUT2D eigenvalue weighted by Gasteiger charge is -2.41. The Hall–Kier alpha value is -6.38. The number of anilines is 1. The van der Waals surface area contributed by atoms with Gasteiger partial charge in [-0.15, -0.1) is 0 Å². The third kappa shape index (κ3) is 4.64. The van der Waals surface area contributed by atoms with Crippen molar-refractivity contribution in [2.45, 2.75) is 0 Å². The number of allylic oxidation sites excluding steroid dienone is 9. The summed E-state index contributed by atoms with van der Waals surface area (Å²) in [4.78, 5) is 2.41. The van der Waals surface area contributed by atoms with E-state index in [0.717, 1.165) is 0 Å². The molecule has 0 amide bonds. The molecule has 0 aromatic heterocycles. The normalized spacial score (nSPS) is 15.4. The standard InChI is InChI=1S/C48H32BN/c1-5-13-33(14-6-1)37-23-26-45-42(29-37)47-43-25-22-40(36-19-11-4-12-20-36)32-49(43)44-30-38(34-15-7-2-8-16-34)21-24-41(44)48(47)46-31-39(27-28-50(45)46)35-17-9-3-10-18-35/h1-32H. The second-order valence-corrected chi connectivity index (χ2v) is 13.3. The first kappa shape index (κ1) is 28.6. The summed E-state index contributed by atoms with van der Waals surface area (Å²) >= 11 is 0. The van der Waals surface area contributed by atoms with Crippen molar-refractivity contribution < 1.29 is 0 Å². The molecule has 6 aromatic rings. The second-order valence-electron chi connectivity index (χ2n) is 13.3. The van der Waals surface area contributed by atoms with Crippen molar-refractivity contribution in [1.29, 1.82) is 0 Å². The fourth-order valence-electron chi connectivity index (χ4n) is 8.09. The van der Waals surface area contributed by atoms with Crippen LogP contribution in [-0.2, 0) is 0 Å². The molecule has 4 heterocycles. The summed E-state index contributed by atoms with van der Waals surface area (Å²) in [7, 11) is 0. The molecule has 0 radical (unpaired) electrons. The Labute approximate surface area is 294 Å². The minimum Gasteiger partial charge on any atom is -0.316 e. The maximum Gasteiger partial charge on any atom is 0.236 e. The molecule has 0 atom stereocenters. The monoisotopic (exact) mass is 633 g/mol. The predicted molar refractivity (Wildman–Crippen MR) is 213 cm³/mol. The summed E-state index contributed by atoms with van der Waals surface area (Å²) in [6, 6.07) is 57.2. The van der Waals surface area contributed by atoms with Gasteiger partial charge in [0.05, 0.1) is 11.4 Å². The van der Waals surface area contributed by atoms with Gasteiger partial charge in [-0.05, 0) is 79.9 Å². The fourth-order valence-corrected chi connectivity index (χ4v) is 8.09. The Morgan fingerprint density at radius 1 is 0.420 bits per heavy atom. The van der Waals surface area contributed by atoms with E-state index in [1.54, 1.807) is 0 Å². The van der Waals surface area contributed by atoms with Gasteiger partial charge in [0.15, 0.2) is 0 Å². The van der Waals surface area contributed by atoms with Gasteiger partial charge in [-0.1, -0.05) is 175 Å². The van der Waals surface area contributed by atoms with Crippen LogP contribution in [-0.4, -0.2) is 6.71 Å². The lowest BCUT2D eigenvalue weighted by Crippen LogP contribution is -2.40. The Bertz CT molecular complexity index is 2500. The third-order valence-corrected chi connectivity index (χ3v) is 10.5. The summed E-state index contributed by atoms with van der Waals surface area (Å²) in [5, 5.41) is 0. The van der Waals surface area contributed by atoms with Crippen LogP contribution in [0, 0.1) is 0 Å². The smallest absolute Gasteiger partial charge is 0.236 e. The van der Waals surface area contributed by atoms with Gasteiger partial charge in [-0.25, -0.2) is 0 Å². The van der Waals surface area contributed by atoms with Gasteiger partial charge in [0.2, 0.25) is 6.71 Å². The molecule has 0 fully saturated rings. The highest BCUT2D eigenvalue weighted by Gasteiger charge is 2.40. The Morgan fingerprint density at radius 3 is 1.66 bits per heavy atom. The highest BCUT2D eigenvalue weighted by molar-refractivity contribution is 6.88. The number of rotatable bonds is 4. The van der Waals surface area contributed by atoms with Crippen LogP contribution in [0.25, 0.3) is 44.5 Å². The molecule has 50 heavy (non-hydrogen) atoms. The molecule has 0 saturated heterocycles. The largest absolute Gasteiger partial charge is 0.316 e. The maximum absolute atomic E-state index is 2.49. The minimum absolute atomic E-state index is 0.102. The predicted octanol–water partition coefficient (Wildman–Crippen LogP) is 11.1. The van der Waals surface area contributed by atoms with Gasteiger partial charge in [0.1, 0.15) is 0 Å². The quantitative estimate of drug-likeness (QED) is 0.175. The van der Waals surface area contributed by atoms with E-state index in [4.69, 9.17) is 0 Å². The topological polar surface area (TPSA) is 3.24 Å². The van der Waals surface area contributed by atoms with Gasteiger partial charge in [-0.2, -0.15) is 0 Å². The molecule has 0 spiro atoms. The first-order valence-electron chi connectivity index (χ1n) is 17.4. The fraction of sp³-hybridized carbons (Fsp3) is 0. The van der Waals surface area contributed by atoms with Crippen LogP contribution in [0.1, 0.15) is 22.3 Å². The van der Waals surface area contributed by atoms with Crippen LogP contribution in [0.4, 0.5) is 5.69 Å². The van der Waals surface area contributed by atoms with E-state index < -0.39 is 0 Å². The first-order chi connectivity index (χ1) is 24.8. The second kappa shape index (κ2) is 11.6. The van der Waals surface area contributed by atoms with E-state index in [-0.39, 0.29) is 6.71 Å². The third-order valence-electron chi connectivity index (χ3n) is 10.5. The molecule has 232 valence electrons. The summed E-state index contributed by atoms with van der Waals surface area (Å²) in [6.07, 6.45) is 11.6. The van der Waals surface area contributed by atoms with E-state index in [0.29, 0.717) is 0 Å². The molecule has 0 unspecified atom stereocenters. The van der Waals surface area contributed by atoms with Crippen molar-refractivity contribution in [3.63, 3.8) is 0 Å². The number of hydrogen-bond donors (Lipinski definition) is 0. The average Bonchev–Trinajstić information content (AvgIpc) is 3.21. The first-order valence-corrected chi connectivity index (χ1v) is 17.4. The Morgan fingerprint density at radius 2 is 1.00 bits per heavy atom. The molecule has 2 heteroatoms. The average molecular weight is 634 g/mol. The van der Waals surface area contributed by atoms with Gasteiger partial charge in [0.25, 0.3) is 0 Å². The molecule has 6 aromatic carbocycles. The maximum atomic E-state index is 2.49. The molecule has 0 N–H and O–H groups in total. The van der Waals surface area contributed by atoms with Crippen LogP contribution in [0.5, 0.6) is 0 Å². The van der Waals surface area contributed by atoms with Crippen LogP contribution in [0.2, 0.25) is 0 Å². The zero-order valence-electron chi connectivity index (χ0n) is 27.5. The molecular weight excluding hydrogens is 601 g/mol. The van der Waals surface area contributed by atoms with Gasteiger partial charge >= 0.3 is 0 Å². The van der Waals surface area contributed by atoms with E-state index in [1.165, 1.54) is 89.1 Å². The SMILES string of the molecule is C1=CC2=C3C(=C4C=C(c5ccccc5)C=CN4c4ccc(-c5ccccc5)cc43)c3ccc(-c4ccccc4)cc3B2C=C1c1ccccc1. The van der Waals surface area contributed by atoms with Crippen LogP contribution < -0.4 is 10.4 Å². The highest BCUT2D eigenvalue weighted by atomic mass is 15.1. The van der Waals surface area contributed by atoms with E-state index >= 15 is 0 Å². The van der Waals surface area contributed by atoms with Crippen LogP contribution in [0.15, 0.2) is 205 Å². The van der Waals surface area contributed by atoms with Crippen molar-refractivity contribution in [3.8, 4) is 22.3 Å². The molecular formula is C48H32BN. The van der Waals surface area contributed by atoms with E-state index in [9.17, 15) is 0 Å². The lowest BCUT2D eigenvalue weighted by atomic mass is 9.34. The zero-order chi connectivity index (χ0) is 33.0. The summed E-state index contributed by atoms with van der Waals surface area (Å²) in [5.41, 5.74) is 20.2. The van der Waals surface area contributed by atoms with Gasteiger partial charge in [0, 0.05) is 17.3 Å². The van der Waals surface area contributed by atoms with Gasteiger partial charge < -0.3 is 4.90 Å². The molecule has 10 rings (SSSR count). The van der Waals surface area contributed by atoms with Gasteiger partial charge in [-0.3, -0.25) is 0 Å². The number of fused-ring (bicyclic) bond motifs is 9. The molecule has 4 aliphatic heterocycles. The van der Waals surface area contributed by atoms with E-state index in [2.05, 4.69) is 199 Å². The zero-order valence-corrected chi connectivity index (χ0v) is 27.5. The van der Waals surface area contributed by atoms with Crippen molar-refractivity contribution in [1.82, 2.24) is 0 Å². The molecule has 0 aliphatic carbocycles. The summed E-state index contributed by atoms with van der Waals surface area (Å²) in [5.74, 6) is 2.49. The van der Waals surface area contributed by atoms with Crippen molar-refractivity contribution in [2.75, 3.05) is 4.90 Å². The molecule has 0 bridgehead atoms. The molecule has 0 saturated carbocycles. The molecule has 4 aliphatic rings. The highest BCUT2D eigenvalue weighted by Crippen LogP contribution is 2.52. The lowest BCUT2D eigenvalue weighted by molar-refractivity contribution is 1.17. The number of hydrogen-bond acceptors (Lipinski definition) is 1. The summed E-state index contributed by atoms with van der Waals surface area (Å²) in [6.45, 7) is 0.102. The van der Waals surface area contributed by atoms with Crippen molar-refractivity contribution >= 4 is 40.2 Å². The number of benzene rings is 6. The summed E-state index contributed by atoms with van der Waals surface area (Å²) < 4.78 is 0.